The van der Waals surface area contributed by atoms with Crippen LogP contribution in [0.25, 0.3) is 87.6 Å². The number of hydrogen-bond acceptors (Lipinski definition) is 1. The molecule has 59 heavy (non-hydrogen) atoms. The average Bonchev–Trinajstić information content (AvgIpc) is 3.32. The molecule has 1 heteroatoms. The van der Waals surface area contributed by atoms with E-state index in [1.165, 1.54) is 87.6 Å². The van der Waals surface area contributed by atoms with Gasteiger partial charge in [-0.3, -0.25) is 0 Å². The van der Waals surface area contributed by atoms with Crippen molar-refractivity contribution in [2.24, 2.45) is 0 Å². The van der Waals surface area contributed by atoms with Crippen molar-refractivity contribution in [2.45, 2.75) is 0 Å². The normalized spacial score (nSPS) is 11.4. The van der Waals surface area contributed by atoms with Crippen molar-refractivity contribution >= 4 is 60.2 Å². The molecular formula is C58H39N. The molecule has 11 aromatic carbocycles. The van der Waals surface area contributed by atoms with Gasteiger partial charge in [-0.05, 0) is 130 Å². The zero-order valence-corrected chi connectivity index (χ0v) is 32.5. The number of rotatable bonds is 7. The summed E-state index contributed by atoms with van der Waals surface area (Å²) in [5, 5.41) is 9.96. The Hall–Kier alpha value is -7.74. The van der Waals surface area contributed by atoms with E-state index in [1.54, 1.807) is 0 Å². The maximum Gasteiger partial charge on any atom is 0.0468 e. The van der Waals surface area contributed by atoms with Gasteiger partial charge in [-0.25, -0.2) is 0 Å². The van der Waals surface area contributed by atoms with Crippen molar-refractivity contribution < 1.29 is 0 Å². The van der Waals surface area contributed by atoms with E-state index < -0.39 is 0 Å². The molecule has 0 aliphatic heterocycles. The van der Waals surface area contributed by atoms with Crippen LogP contribution >= 0.6 is 0 Å². The zero-order valence-electron chi connectivity index (χ0n) is 32.5. The van der Waals surface area contributed by atoms with E-state index in [-0.39, 0.29) is 0 Å². The lowest BCUT2D eigenvalue weighted by molar-refractivity contribution is 1.29. The number of nitrogens with zero attached hydrogens (tertiary/aromatic N) is 1. The van der Waals surface area contributed by atoms with Gasteiger partial charge in [0.25, 0.3) is 0 Å². The largest absolute Gasteiger partial charge is 0.310 e. The van der Waals surface area contributed by atoms with Gasteiger partial charge in [0.05, 0.1) is 0 Å². The first kappa shape index (κ1) is 34.5. The van der Waals surface area contributed by atoms with Crippen LogP contribution in [0, 0.1) is 0 Å². The summed E-state index contributed by atoms with van der Waals surface area (Å²) < 4.78 is 0. The Labute approximate surface area is 344 Å². The van der Waals surface area contributed by atoms with Crippen molar-refractivity contribution in [1.29, 1.82) is 0 Å². The molecule has 0 aliphatic rings. The molecule has 0 spiro atoms. The van der Waals surface area contributed by atoms with E-state index in [0.29, 0.717) is 0 Å². The maximum absolute atomic E-state index is 2.41. The molecular weight excluding hydrogens is 711 g/mol. The van der Waals surface area contributed by atoms with Gasteiger partial charge >= 0.3 is 0 Å². The third-order valence-corrected chi connectivity index (χ3v) is 11.8. The van der Waals surface area contributed by atoms with Crippen LogP contribution in [0.3, 0.4) is 0 Å². The summed E-state index contributed by atoms with van der Waals surface area (Å²) in [7, 11) is 0. The first-order chi connectivity index (χ1) is 29.3. The fourth-order valence-electron chi connectivity index (χ4n) is 9.01. The average molecular weight is 750 g/mol. The quantitative estimate of drug-likeness (QED) is 0.147. The summed E-state index contributed by atoms with van der Waals surface area (Å²) in [6.45, 7) is 0. The predicted molar refractivity (Wildman–Crippen MR) is 253 cm³/mol. The van der Waals surface area contributed by atoms with E-state index in [0.717, 1.165) is 17.1 Å². The van der Waals surface area contributed by atoms with Crippen molar-refractivity contribution in [1.82, 2.24) is 0 Å². The molecule has 0 fully saturated rings. The van der Waals surface area contributed by atoms with Crippen molar-refractivity contribution in [3.63, 3.8) is 0 Å². The summed E-state index contributed by atoms with van der Waals surface area (Å²) in [5.41, 5.74) is 13.0. The minimum absolute atomic E-state index is 1.09. The highest BCUT2D eigenvalue weighted by molar-refractivity contribution is 6.22. The first-order valence-electron chi connectivity index (χ1n) is 20.3. The van der Waals surface area contributed by atoms with Crippen LogP contribution in [0.2, 0.25) is 0 Å². The Morgan fingerprint density at radius 1 is 0.220 bits per heavy atom. The van der Waals surface area contributed by atoms with Gasteiger partial charge in [0.2, 0.25) is 0 Å². The predicted octanol–water partition coefficient (Wildman–Crippen LogP) is 16.4. The Morgan fingerprint density at radius 3 is 1.41 bits per heavy atom. The second-order valence-electron chi connectivity index (χ2n) is 15.3. The summed E-state index contributed by atoms with van der Waals surface area (Å²) in [4.78, 5) is 2.41. The highest BCUT2D eigenvalue weighted by Crippen LogP contribution is 2.47. The van der Waals surface area contributed by atoms with Crippen LogP contribution in [0.1, 0.15) is 0 Å². The monoisotopic (exact) mass is 749 g/mol. The Morgan fingerprint density at radius 2 is 0.712 bits per heavy atom. The Kier molecular flexibility index (Phi) is 8.56. The topological polar surface area (TPSA) is 3.24 Å². The van der Waals surface area contributed by atoms with E-state index in [4.69, 9.17) is 0 Å². The molecule has 0 amide bonds. The van der Waals surface area contributed by atoms with Crippen LogP contribution in [-0.2, 0) is 0 Å². The third-order valence-electron chi connectivity index (χ3n) is 11.8. The van der Waals surface area contributed by atoms with Crippen LogP contribution in [-0.4, -0.2) is 0 Å². The number of benzene rings is 11. The van der Waals surface area contributed by atoms with Crippen LogP contribution in [0.4, 0.5) is 17.1 Å². The molecule has 0 bridgehead atoms. The molecule has 11 aromatic rings. The van der Waals surface area contributed by atoms with Gasteiger partial charge < -0.3 is 4.90 Å². The summed E-state index contributed by atoms with van der Waals surface area (Å²) in [5.74, 6) is 0. The smallest absolute Gasteiger partial charge is 0.0468 e. The number of anilines is 3. The molecule has 0 aromatic heterocycles. The molecule has 0 unspecified atom stereocenters. The van der Waals surface area contributed by atoms with Gasteiger partial charge in [0, 0.05) is 17.1 Å². The Bertz CT molecular complexity index is 3290. The third kappa shape index (κ3) is 6.21. The molecule has 0 saturated carbocycles. The fraction of sp³-hybridized carbons (Fsp3) is 0. The van der Waals surface area contributed by atoms with Crippen molar-refractivity contribution in [3.05, 3.63) is 237 Å². The van der Waals surface area contributed by atoms with E-state index in [2.05, 4.69) is 241 Å². The van der Waals surface area contributed by atoms with Crippen molar-refractivity contribution in [3.8, 4) is 44.5 Å². The summed E-state index contributed by atoms with van der Waals surface area (Å²) in [6, 6.07) is 86.3. The van der Waals surface area contributed by atoms with Crippen molar-refractivity contribution in [2.75, 3.05) is 4.90 Å². The molecule has 0 aliphatic carbocycles. The standard InChI is InChI=1S/C58H39N/c1-3-16-44(17-4-1)57-55-24-12-11-23-53(55)54-37-36-50(39-56(54)58(57)45-18-5-2-6-19-45)59(48-32-28-41(29-33-48)47-27-26-40-14-7-8-20-46(40)38-47)49-34-30-43(31-35-49)52-25-13-21-42-15-9-10-22-51(42)52/h1-39H. The number of fused-ring (bicyclic) bond motifs is 5. The molecule has 11 rings (SSSR count). The molecule has 276 valence electrons. The molecule has 0 radical (unpaired) electrons. The van der Waals surface area contributed by atoms with Gasteiger partial charge in [0.1, 0.15) is 0 Å². The number of hydrogen-bond donors (Lipinski definition) is 0. The molecule has 0 atom stereocenters. The fourth-order valence-corrected chi connectivity index (χ4v) is 9.01. The second kappa shape index (κ2) is 14.6. The lowest BCUT2D eigenvalue weighted by Gasteiger charge is -2.27. The lowest BCUT2D eigenvalue weighted by atomic mass is 9.85. The zero-order chi connectivity index (χ0) is 39.1. The minimum atomic E-state index is 1.09. The molecule has 1 nitrogen and oxygen atoms in total. The molecule has 0 heterocycles. The van der Waals surface area contributed by atoms with E-state index in [1.807, 2.05) is 0 Å². The van der Waals surface area contributed by atoms with Gasteiger partial charge in [-0.15, -0.1) is 0 Å². The highest BCUT2D eigenvalue weighted by Gasteiger charge is 2.20. The highest BCUT2D eigenvalue weighted by atomic mass is 15.1. The van der Waals surface area contributed by atoms with E-state index >= 15 is 0 Å². The van der Waals surface area contributed by atoms with Crippen LogP contribution < -0.4 is 4.90 Å². The lowest BCUT2D eigenvalue weighted by Crippen LogP contribution is -2.10. The second-order valence-corrected chi connectivity index (χ2v) is 15.3. The summed E-state index contributed by atoms with van der Waals surface area (Å²) >= 11 is 0. The van der Waals surface area contributed by atoms with Gasteiger partial charge in [0.15, 0.2) is 0 Å². The molecule has 0 N–H and O–H groups in total. The first-order valence-corrected chi connectivity index (χ1v) is 20.3. The van der Waals surface area contributed by atoms with Crippen LogP contribution in [0.5, 0.6) is 0 Å². The SMILES string of the molecule is c1ccc(-c2c(-c3ccccc3)c3cc(N(c4ccc(-c5ccc6ccccc6c5)cc4)c4ccc(-c5cccc6ccccc56)cc4)ccc3c3ccccc23)cc1. The maximum atomic E-state index is 2.41. The minimum Gasteiger partial charge on any atom is -0.310 e. The Balaban J connectivity index is 1.12. The van der Waals surface area contributed by atoms with Crippen LogP contribution in [0.15, 0.2) is 237 Å². The van der Waals surface area contributed by atoms with E-state index in [9.17, 15) is 0 Å². The molecule has 0 saturated heterocycles. The van der Waals surface area contributed by atoms with Gasteiger partial charge in [-0.2, -0.15) is 0 Å². The summed E-state index contributed by atoms with van der Waals surface area (Å²) in [6.07, 6.45) is 0. The van der Waals surface area contributed by atoms with Gasteiger partial charge in [-0.1, -0.05) is 194 Å².